The van der Waals surface area contributed by atoms with Gasteiger partial charge in [-0.25, -0.2) is 0 Å². The molecule has 1 aliphatic heterocycles. The van der Waals surface area contributed by atoms with Crippen LogP contribution in [0.25, 0.3) is 11.0 Å². The Morgan fingerprint density at radius 1 is 1.19 bits per heavy atom. The van der Waals surface area contributed by atoms with Gasteiger partial charge in [-0.05, 0) is 43.6 Å². The number of amides is 1. The molecule has 1 aromatic heterocycles. The summed E-state index contributed by atoms with van der Waals surface area (Å²) in [6.07, 6.45) is 0.920. The Labute approximate surface area is 158 Å². The third-order valence-electron chi connectivity index (χ3n) is 5.13. The van der Waals surface area contributed by atoms with Gasteiger partial charge in [0.2, 0.25) is 0 Å². The second-order valence-corrected chi connectivity index (χ2v) is 7.06. The van der Waals surface area contributed by atoms with E-state index in [2.05, 4.69) is 17.6 Å². The molecule has 27 heavy (non-hydrogen) atoms. The topological polar surface area (TPSA) is 63.5 Å². The third kappa shape index (κ3) is 3.83. The Morgan fingerprint density at radius 3 is 2.78 bits per heavy atom. The lowest BCUT2D eigenvalue weighted by Crippen LogP contribution is -2.48. The predicted molar refractivity (Wildman–Crippen MR) is 105 cm³/mol. The molecule has 5 nitrogen and oxygen atoms in total. The molecule has 2 aromatic carbocycles. The maximum atomic E-state index is 13.0. The van der Waals surface area contributed by atoms with E-state index < -0.39 is 0 Å². The molecule has 140 valence electrons. The number of carbonyl (C=O) groups is 1. The Balaban J connectivity index is 1.60. The molecule has 1 saturated heterocycles. The number of fused-ring (bicyclic) bond motifs is 1. The lowest BCUT2D eigenvalue weighted by molar-refractivity contribution is 0.0884. The number of piperidine rings is 1. The molecule has 2 atom stereocenters. The largest absolute Gasteiger partial charge is 0.489 e. The Morgan fingerprint density at radius 2 is 1.96 bits per heavy atom. The SMILES string of the molecule is CC1CNCCC1NC(=O)c1oc2ccccc2c1COc1ccccc1. The van der Waals surface area contributed by atoms with Gasteiger partial charge in [-0.1, -0.05) is 43.3 Å². The molecule has 2 unspecified atom stereocenters. The summed E-state index contributed by atoms with van der Waals surface area (Å²) in [6, 6.07) is 17.4. The van der Waals surface area contributed by atoms with E-state index in [0.717, 1.165) is 36.2 Å². The number of nitrogens with one attached hydrogen (secondary N) is 2. The minimum absolute atomic E-state index is 0.148. The molecule has 0 bridgehead atoms. The summed E-state index contributed by atoms with van der Waals surface area (Å²) in [7, 11) is 0. The van der Waals surface area contributed by atoms with E-state index in [9.17, 15) is 4.79 Å². The van der Waals surface area contributed by atoms with Gasteiger partial charge >= 0.3 is 0 Å². The van der Waals surface area contributed by atoms with E-state index in [1.165, 1.54) is 0 Å². The number of rotatable bonds is 5. The van der Waals surface area contributed by atoms with E-state index in [1.807, 2.05) is 54.6 Å². The zero-order chi connectivity index (χ0) is 18.6. The molecule has 3 aromatic rings. The first-order chi connectivity index (χ1) is 13.2. The van der Waals surface area contributed by atoms with E-state index in [1.54, 1.807) is 0 Å². The van der Waals surface area contributed by atoms with Crippen LogP contribution in [-0.2, 0) is 6.61 Å². The molecule has 5 heteroatoms. The molecule has 1 fully saturated rings. The maximum Gasteiger partial charge on any atom is 0.287 e. The van der Waals surface area contributed by atoms with Gasteiger partial charge in [0.05, 0.1) is 0 Å². The number of ether oxygens (including phenoxy) is 1. The van der Waals surface area contributed by atoms with Crippen LogP contribution in [0.2, 0.25) is 0 Å². The number of para-hydroxylation sites is 2. The van der Waals surface area contributed by atoms with Crippen molar-refractivity contribution in [3.8, 4) is 5.75 Å². The fourth-order valence-corrected chi connectivity index (χ4v) is 3.56. The van der Waals surface area contributed by atoms with Crippen LogP contribution in [0.3, 0.4) is 0 Å². The second kappa shape index (κ2) is 7.84. The van der Waals surface area contributed by atoms with Crippen molar-refractivity contribution in [1.82, 2.24) is 10.6 Å². The minimum Gasteiger partial charge on any atom is -0.489 e. The number of carbonyl (C=O) groups excluding carboxylic acids is 1. The Hall–Kier alpha value is -2.79. The van der Waals surface area contributed by atoms with Crippen molar-refractivity contribution < 1.29 is 13.9 Å². The fraction of sp³-hybridized carbons (Fsp3) is 0.318. The van der Waals surface area contributed by atoms with Crippen LogP contribution in [-0.4, -0.2) is 25.0 Å². The van der Waals surface area contributed by atoms with Crippen molar-refractivity contribution in [2.75, 3.05) is 13.1 Å². The van der Waals surface area contributed by atoms with Crippen molar-refractivity contribution in [2.24, 2.45) is 5.92 Å². The van der Waals surface area contributed by atoms with Crippen LogP contribution in [0.1, 0.15) is 29.5 Å². The molecule has 0 radical (unpaired) electrons. The molecule has 0 spiro atoms. The van der Waals surface area contributed by atoms with E-state index in [0.29, 0.717) is 17.3 Å². The lowest BCUT2D eigenvalue weighted by Gasteiger charge is -2.30. The van der Waals surface area contributed by atoms with Gasteiger partial charge in [0, 0.05) is 17.0 Å². The van der Waals surface area contributed by atoms with E-state index >= 15 is 0 Å². The van der Waals surface area contributed by atoms with Crippen LogP contribution in [0.15, 0.2) is 59.0 Å². The quantitative estimate of drug-likeness (QED) is 0.724. The van der Waals surface area contributed by atoms with Crippen molar-refractivity contribution in [2.45, 2.75) is 26.0 Å². The summed E-state index contributed by atoms with van der Waals surface area (Å²) >= 11 is 0. The monoisotopic (exact) mass is 364 g/mol. The van der Waals surface area contributed by atoms with E-state index in [4.69, 9.17) is 9.15 Å². The molecule has 2 heterocycles. The number of hydrogen-bond donors (Lipinski definition) is 2. The van der Waals surface area contributed by atoms with Crippen LogP contribution in [0, 0.1) is 5.92 Å². The average Bonchev–Trinajstić information content (AvgIpc) is 3.08. The van der Waals surface area contributed by atoms with Gasteiger partial charge in [-0.15, -0.1) is 0 Å². The summed E-state index contributed by atoms with van der Waals surface area (Å²) in [6.45, 7) is 4.26. The van der Waals surface area contributed by atoms with Crippen LogP contribution in [0.5, 0.6) is 5.75 Å². The molecular formula is C22H24N2O3. The molecular weight excluding hydrogens is 340 g/mol. The smallest absolute Gasteiger partial charge is 0.287 e. The first-order valence-corrected chi connectivity index (χ1v) is 9.42. The Kier molecular flexibility index (Phi) is 5.12. The zero-order valence-electron chi connectivity index (χ0n) is 15.4. The van der Waals surface area contributed by atoms with Gasteiger partial charge in [-0.2, -0.15) is 0 Å². The fourth-order valence-electron chi connectivity index (χ4n) is 3.56. The summed E-state index contributed by atoms with van der Waals surface area (Å²) in [5.74, 6) is 1.33. The zero-order valence-corrected chi connectivity index (χ0v) is 15.4. The van der Waals surface area contributed by atoms with Crippen molar-refractivity contribution in [1.29, 1.82) is 0 Å². The molecule has 1 aliphatic rings. The van der Waals surface area contributed by atoms with Crippen LogP contribution in [0.4, 0.5) is 0 Å². The molecule has 1 amide bonds. The minimum atomic E-state index is -0.170. The van der Waals surface area contributed by atoms with Crippen molar-refractivity contribution in [3.05, 3.63) is 65.9 Å². The maximum absolute atomic E-state index is 13.0. The van der Waals surface area contributed by atoms with Crippen LogP contribution < -0.4 is 15.4 Å². The summed E-state index contributed by atoms with van der Waals surface area (Å²) in [5, 5.41) is 7.42. The standard InChI is InChI=1S/C22H24N2O3/c1-15-13-23-12-11-19(15)24-22(25)21-18(14-26-16-7-3-2-4-8-16)17-9-5-6-10-20(17)27-21/h2-10,15,19,23H,11-14H2,1H3,(H,24,25). The molecule has 0 saturated carbocycles. The highest BCUT2D eigenvalue weighted by molar-refractivity contribution is 5.99. The molecule has 2 N–H and O–H groups in total. The summed E-state index contributed by atoms with van der Waals surface area (Å²) in [4.78, 5) is 13.0. The van der Waals surface area contributed by atoms with Crippen molar-refractivity contribution >= 4 is 16.9 Å². The number of furan rings is 1. The number of benzene rings is 2. The second-order valence-electron chi connectivity index (χ2n) is 7.06. The predicted octanol–water partition coefficient (Wildman–Crippen LogP) is 3.74. The number of hydrogen-bond acceptors (Lipinski definition) is 4. The normalized spacial score (nSPS) is 19.7. The highest BCUT2D eigenvalue weighted by Gasteiger charge is 2.27. The van der Waals surface area contributed by atoms with Gasteiger partial charge in [0.15, 0.2) is 5.76 Å². The average molecular weight is 364 g/mol. The summed E-state index contributed by atoms with van der Waals surface area (Å²) < 4.78 is 11.8. The van der Waals surface area contributed by atoms with Gasteiger partial charge in [0.1, 0.15) is 17.9 Å². The summed E-state index contributed by atoms with van der Waals surface area (Å²) in [5.41, 5.74) is 1.49. The first kappa shape index (κ1) is 17.6. The molecule has 0 aliphatic carbocycles. The Bertz CT molecular complexity index is 920. The highest BCUT2D eigenvalue weighted by Crippen LogP contribution is 2.27. The van der Waals surface area contributed by atoms with Crippen LogP contribution >= 0.6 is 0 Å². The van der Waals surface area contributed by atoms with Gasteiger partial charge < -0.3 is 19.8 Å². The third-order valence-corrected chi connectivity index (χ3v) is 5.13. The highest BCUT2D eigenvalue weighted by atomic mass is 16.5. The van der Waals surface area contributed by atoms with E-state index in [-0.39, 0.29) is 18.6 Å². The molecule has 4 rings (SSSR count). The lowest BCUT2D eigenvalue weighted by atomic mass is 9.95. The first-order valence-electron chi connectivity index (χ1n) is 9.42. The van der Waals surface area contributed by atoms with Gasteiger partial charge in [-0.3, -0.25) is 4.79 Å². The van der Waals surface area contributed by atoms with Crippen molar-refractivity contribution in [3.63, 3.8) is 0 Å². The van der Waals surface area contributed by atoms with Gasteiger partial charge in [0.25, 0.3) is 5.91 Å².